The number of nitrogens with zero attached hydrogens (tertiary/aromatic N) is 2. The van der Waals surface area contributed by atoms with Gasteiger partial charge in [0.25, 0.3) is 5.91 Å². The second-order valence-electron chi connectivity index (χ2n) is 6.46. The van der Waals surface area contributed by atoms with E-state index in [2.05, 4.69) is 34.7 Å². The monoisotopic (exact) mass is 363 g/mol. The molecule has 24 heavy (non-hydrogen) atoms. The van der Waals surface area contributed by atoms with Gasteiger partial charge in [0.1, 0.15) is 6.04 Å². The van der Waals surface area contributed by atoms with Gasteiger partial charge in [-0.1, -0.05) is 24.3 Å². The van der Waals surface area contributed by atoms with Gasteiger partial charge in [-0.2, -0.15) is 11.8 Å². The number of amides is 1. The number of nitrogens with one attached hydrogen (secondary N) is 1. The van der Waals surface area contributed by atoms with Crippen LogP contribution in [0, 0.1) is 0 Å². The number of carbonyl (C=O) groups is 1. The summed E-state index contributed by atoms with van der Waals surface area (Å²) in [5, 5.41) is 3.76. The molecule has 3 rings (SSSR count). The molecule has 0 saturated carbocycles. The molecule has 1 aromatic rings. The molecule has 2 heterocycles. The second-order valence-corrected chi connectivity index (χ2v) is 7.83. The van der Waals surface area contributed by atoms with Crippen LogP contribution in [0.4, 0.5) is 0 Å². The van der Waals surface area contributed by atoms with Crippen LogP contribution in [-0.2, 0) is 17.9 Å². The highest BCUT2D eigenvalue weighted by Gasteiger charge is 2.35. The molecule has 2 fully saturated rings. The second kappa shape index (κ2) is 8.32. The Labute approximate surface area is 154 Å². The van der Waals surface area contributed by atoms with Gasteiger partial charge in [0, 0.05) is 6.54 Å². The first kappa shape index (κ1) is 17.7. The summed E-state index contributed by atoms with van der Waals surface area (Å²) in [7, 11) is 0. The van der Waals surface area contributed by atoms with Gasteiger partial charge in [-0.25, -0.2) is 0 Å². The Morgan fingerprint density at radius 3 is 2.54 bits per heavy atom. The van der Waals surface area contributed by atoms with Crippen LogP contribution in [0.25, 0.3) is 0 Å². The zero-order valence-electron chi connectivity index (χ0n) is 14.2. The van der Waals surface area contributed by atoms with Crippen molar-refractivity contribution in [3.63, 3.8) is 0 Å². The summed E-state index contributed by atoms with van der Waals surface area (Å²) in [4.78, 5) is 16.9. The molecule has 2 aliphatic heterocycles. The fourth-order valence-corrected chi connectivity index (χ4v) is 4.14. The topological polar surface area (TPSA) is 35.6 Å². The van der Waals surface area contributed by atoms with Crippen molar-refractivity contribution in [2.24, 2.45) is 0 Å². The van der Waals surface area contributed by atoms with E-state index in [1.807, 2.05) is 6.07 Å². The standard InChI is InChI=1S/C18H25N3OS2/c1-24-11-8-16-17(22)21(18(23)19-16)13-15-7-3-2-6-14(15)12-20-9-4-5-10-20/h2-3,6-7,16H,4-5,8-13H2,1H3,(H,19,23)/t16-/m0/s1. The molecule has 0 aliphatic carbocycles. The minimum atomic E-state index is -0.157. The lowest BCUT2D eigenvalue weighted by atomic mass is 10.1. The third-order valence-corrected chi connectivity index (χ3v) is 5.74. The molecule has 1 amide bonds. The summed E-state index contributed by atoms with van der Waals surface area (Å²) >= 11 is 7.17. The fourth-order valence-electron chi connectivity index (χ4n) is 3.38. The molecular formula is C18H25N3OS2. The first-order valence-electron chi connectivity index (χ1n) is 8.59. The molecule has 0 radical (unpaired) electrons. The van der Waals surface area contributed by atoms with Crippen LogP contribution in [0.2, 0.25) is 0 Å². The molecule has 2 saturated heterocycles. The zero-order chi connectivity index (χ0) is 16.9. The van der Waals surface area contributed by atoms with Gasteiger partial charge < -0.3 is 5.32 Å². The summed E-state index contributed by atoms with van der Waals surface area (Å²) in [5.41, 5.74) is 2.51. The predicted molar refractivity (Wildman–Crippen MR) is 104 cm³/mol. The molecule has 1 atom stereocenters. The van der Waals surface area contributed by atoms with Gasteiger partial charge in [0.15, 0.2) is 5.11 Å². The van der Waals surface area contributed by atoms with E-state index >= 15 is 0 Å². The fraction of sp³-hybridized carbons (Fsp3) is 0.556. The lowest BCUT2D eigenvalue weighted by Crippen LogP contribution is -2.31. The molecule has 130 valence electrons. The molecule has 0 spiro atoms. The van der Waals surface area contributed by atoms with Crippen LogP contribution in [0.3, 0.4) is 0 Å². The molecule has 1 aromatic carbocycles. The van der Waals surface area contributed by atoms with Gasteiger partial charge in [-0.15, -0.1) is 0 Å². The van der Waals surface area contributed by atoms with Crippen molar-refractivity contribution in [1.82, 2.24) is 15.1 Å². The van der Waals surface area contributed by atoms with E-state index in [-0.39, 0.29) is 11.9 Å². The largest absolute Gasteiger partial charge is 0.350 e. The number of benzene rings is 1. The third kappa shape index (κ3) is 4.10. The summed E-state index contributed by atoms with van der Waals surface area (Å²) < 4.78 is 0. The van der Waals surface area contributed by atoms with Crippen molar-refractivity contribution < 1.29 is 4.79 Å². The Bertz CT molecular complexity index is 602. The van der Waals surface area contributed by atoms with E-state index in [1.165, 1.54) is 37.1 Å². The average molecular weight is 364 g/mol. The Kier molecular flexibility index (Phi) is 6.14. The lowest BCUT2D eigenvalue weighted by Gasteiger charge is -2.20. The van der Waals surface area contributed by atoms with E-state index in [4.69, 9.17) is 12.2 Å². The Morgan fingerprint density at radius 1 is 1.21 bits per heavy atom. The molecule has 4 nitrogen and oxygen atoms in total. The molecular weight excluding hydrogens is 338 g/mol. The maximum absolute atomic E-state index is 12.6. The zero-order valence-corrected chi connectivity index (χ0v) is 15.8. The van der Waals surface area contributed by atoms with Crippen LogP contribution < -0.4 is 5.32 Å². The highest BCUT2D eigenvalue weighted by atomic mass is 32.2. The molecule has 0 bridgehead atoms. The molecule has 1 N–H and O–H groups in total. The summed E-state index contributed by atoms with van der Waals surface area (Å²) in [6.07, 6.45) is 5.46. The number of thiocarbonyl (C=S) groups is 1. The maximum Gasteiger partial charge on any atom is 0.251 e. The lowest BCUT2D eigenvalue weighted by molar-refractivity contribution is -0.127. The molecule has 0 aromatic heterocycles. The highest BCUT2D eigenvalue weighted by Crippen LogP contribution is 2.20. The van der Waals surface area contributed by atoms with Gasteiger partial charge in [-0.05, 0) is 67.7 Å². The van der Waals surface area contributed by atoms with Gasteiger partial charge in [0.2, 0.25) is 0 Å². The van der Waals surface area contributed by atoms with Crippen molar-refractivity contribution in [2.45, 2.75) is 38.4 Å². The molecule has 0 unspecified atom stereocenters. The number of hydrogen-bond donors (Lipinski definition) is 1. The van der Waals surface area contributed by atoms with Crippen LogP contribution in [0.5, 0.6) is 0 Å². The average Bonchev–Trinajstić information content (AvgIpc) is 3.18. The van der Waals surface area contributed by atoms with Crippen LogP contribution in [0.15, 0.2) is 24.3 Å². The SMILES string of the molecule is CSCC[C@@H]1NC(=S)N(Cc2ccccc2CN2CCCC2)C1=O. The van der Waals surface area contributed by atoms with Crippen LogP contribution >= 0.6 is 24.0 Å². The minimum Gasteiger partial charge on any atom is -0.350 e. The normalized spacial score (nSPS) is 21.5. The van der Waals surface area contributed by atoms with Gasteiger partial charge in [-0.3, -0.25) is 14.6 Å². The van der Waals surface area contributed by atoms with Gasteiger partial charge in [0.05, 0.1) is 6.54 Å². The number of thioether (sulfide) groups is 1. The smallest absolute Gasteiger partial charge is 0.251 e. The quantitative estimate of drug-likeness (QED) is 0.754. The Balaban J connectivity index is 1.69. The summed E-state index contributed by atoms with van der Waals surface area (Å²) in [6, 6.07) is 8.27. The van der Waals surface area contributed by atoms with Crippen LogP contribution in [-0.4, -0.2) is 52.0 Å². The first-order chi connectivity index (χ1) is 11.7. The van der Waals surface area contributed by atoms with Crippen molar-refractivity contribution in [3.8, 4) is 0 Å². The third-order valence-electron chi connectivity index (χ3n) is 4.76. The molecule has 2 aliphatic rings. The predicted octanol–water partition coefficient (Wildman–Crippen LogP) is 2.62. The van der Waals surface area contributed by atoms with Crippen molar-refractivity contribution in [3.05, 3.63) is 35.4 Å². The van der Waals surface area contributed by atoms with Gasteiger partial charge >= 0.3 is 0 Å². The van der Waals surface area contributed by atoms with Crippen LogP contribution in [0.1, 0.15) is 30.4 Å². The Morgan fingerprint density at radius 2 is 1.88 bits per heavy atom. The first-order valence-corrected chi connectivity index (χ1v) is 10.4. The summed E-state index contributed by atoms with van der Waals surface area (Å²) in [5.74, 6) is 1.08. The van der Waals surface area contributed by atoms with Crippen molar-refractivity contribution >= 4 is 35.0 Å². The number of carbonyl (C=O) groups excluding carboxylic acids is 1. The Hall–Kier alpha value is -1.11. The van der Waals surface area contributed by atoms with E-state index in [9.17, 15) is 4.79 Å². The van der Waals surface area contributed by atoms with E-state index in [1.54, 1.807) is 16.7 Å². The van der Waals surface area contributed by atoms with Crippen molar-refractivity contribution in [2.75, 3.05) is 25.1 Å². The number of hydrogen-bond acceptors (Lipinski definition) is 4. The number of rotatable bonds is 7. The van der Waals surface area contributed by atoms with E-state index in [0.29, 0.717) is 11.7 Å². The van der Waals surface area contributed by atoms with E-state index in [0.717, 1.165) is 18.7 Å². The van der Waals surface area contributed by atoms with E-state index < -0.39 is 0 Å². The molecule has 6 heteroatoms. The number of likely N-dealkylation sites (tertiary alicyclic amines) is 1. The van der Waals surface area contributed by atoms with Crippen molar-refractivity contribution in [1.29, 1.82) is 0 Å². The maximum atomic E-state index is 12.6. The highest BCUT2D eigenvalue weighted by molar-refractivity contribution is 7.98. The summed E-state index contributed by atoms with van der Waals surface area (Å²) in [6.45, 7) is 3.89. The minimum absolute atomic E-state index is 0.116.